The van der Waals surface area contributed by atoms with Gasteiger partial charge in [0, 0.05) is 12.5 Å². The highest BCUT2D eigenvalue weighted by Crippen LogP contribution is 2.22. The maximum atomic E-state index is 13.0. The largest absolute Gasteiger partial charge is 0.390 e. The number of halogens is 4. The van der Waals surface area contributed by atoms with Crippen molar-refractivity contribution in [2.75, 3.05) is 0 Å². The summed E-state index contributed by atoms with van der Waals surface area (Å²) in [5.41, 5.74) is 5.80. The molecule has 0 aliphatic heterocycles. The van der Waals surface area contributed by atoms with Crippen LogP contribution in [0, 0.1) is 0 Å². The molecule has 0 saturated heterocycles. The molecular weight excluding hydrogens is 340 g/mol. The van der Waals surface area contributed by atoms with Crippen molar-refractivity contribution in [1.29, 1.82) is 0 Å². The monoisotopic (exact) mass is 352 g/mol. The maximum absolute atomic E-state index is 13.0. The first-order valence-corrected chi connectivity index (χ1v) is 7.71. The van der Waals surface area contributed by atoms with Gasteiger partial charge in [-0.2, -0.15) is 21.6 Å². The first-order valence-electron chi connectivity index (χ1n) is 6.33. The van der Waals surface area contributed by atoms with E-state index in [4.69, 9.17) is 5.73 Å². The summed E-state index contributed by atoms with van der Waals surface area (Å²) in [6, 6.07) is 3.68. The van der Waals surface area contributed by atoms with Gasteiger partial charge in [-0.1, -0.05) is 11.3 Å². The van der Waals surface area contributed by atoms with Crippen molar-refractivity contribution in [3.63, 3.8) is 0 Å². The summed E-state index contributed by atoms with van der Waals surface area (Å²) < 4.78 is 72.5. The van der Waals surface area contributed by atoms with Crippen molar-refractivity contribution >= 4 is 10.2 Å². The van der Waals surface area contributed by atoms with Crippen molar-refractivity contribution < 1.29 is 25.5 Å². The van der Waals surface area contributed by atoms with E-state index in [9.17, 15) is 25.5 Å². The number of hydrogen-bond donors (Lipinski definition) is 1. The van der Waals surface area contributed by atoms with Crippen LogP contribution in [-0.4, -0.2) is 35.6 Å². The Morgan fingerprint density at radius 1 is 1.30 bits per heavy atom. The van der Waals surface area contributed by atoms with Gasteiger partial charge >= 0.3 is 16.4 Å². The van der Waals surface area contributed by atoms with Crippen LogP contribution in [0.15, 0.2) is 35.4 Å². The van der Waals surface area contributed by atoms with Gasteiger partial charge in [0.15, 0.2) is 0 Å². The Kier molecular flexibility index (Phi) is 4.71. The molecule has 1 atom stereocenters. The molecule has 126 valence electrons. The predicted octanol–water partition coefficient (Wildman–Crippen LogP) is 1.75. The molecule has 1 aromatic carbocycles. The van der Waals surface area contributed by atoms with Gasteiger partial charge in [0.2, 0.25) is 0 Å². The second-order valence-electron chi connectivity index (χ2n) is 4.87. The van der Waals surface area contributed by atoms with Crippen LogP contribution >= 0.6 is 0 Å². The van der Waals surface area contributed by atoms with Crippen molar-refractivity contribution in [2.45, 2.75) is 30.0 Å². The van der Waals surface area contributed by atoms with Crippen LogP contribution in [0.25, 0.3) is 5.69 Å². The summed E-state index contributed by atoms with van der Waals surface area (Å²) >= 11 is 0. The third-order valence-corrected chi connectivity index (χ3v) is 3.69. The van der Waals surface area contributed by atoms with Gasteiger partial charge in [-0.15, -0.1) is 8.98 Å². The summed E-state index contributed by atoms with van der Waals surface area (Å²) in [7, 11) is -4.87. The zero-order chi connectivity index (χ0) is 17.3. The van der Waals surface area contributed by atoms with Crippen LogP contribution in [0.4, 0.5) is 17.1 Å². The van der Waals surface area contributed by atoms with Gasteiger partial charge in [0.25, 0.3) is 0 Å². The van der Waals surface area contributed by atoms with Crippen molar-refractivity contribution in [3.8, 4) is 5.69 Å². The molecule has 1 aromatic heterocycles. The first kappa shape index (κ1) is 17.3. The zero-order valence-electron chi connectivity index (χ0n) is 11.5. The molecule has 1 unspecified atom stereocenters. The third kappa shape index (κ3) is 4.99. The van der Waals surface area contributed by atoms with Gasteiger partial charge in [-0.3, -0.25) is 0 Å². The van der Waals surface area contributed by atoms with E-state index in [-0.39, 0.29) is 17.8 Å². The summed E-state index contributed by atoms with van der Waals surface area (Å²) in [6.45, 7) is 0. The normalized spacial score (nSPS) is 14.0. The van der Waals surface area contributed by atoms with Crippen LogP contribution in [0.5, 0.6) is 0 Å². The fraction of sp³-hybridized carbons (Fsp3) is 0.333. The lowest BCUT2D eigenvalue weighted by Gasteiger charge is -2.12. The Hall–Kier alpha value is -2.01. The second kappa shape index (κ2) is 6.24. The van der Waals surface area contributed by atoms with Crippen molar-refractivity contribution in [2.24, 2.45) is 5.73 Å². The molecule has 2 rings (SSSR count). The molecule has 0 amide bonds. The molecule has 0 fully saturated rings. The molecule has 2 N–H and O–H groups in total. The molecule has 0 radical (unpaired) electrons. The van der Waals surface area contributed by atoms with Crippen molar-refractivity contribution in [1.82, 2.24) is 15.0 Å². The molecule has 2 aromatic rings. The highest BCUT2D eigenvalue weighted by Gasteiger charge is 2.30. The average molecular weight is 352 g/mol. The second-order valence-corrected chi connectivity index (χ2v) is 6.22. The Morgan fingerprint density at radius 2 is 2.00 bits per heavy atom. The number of nitrogens with two attached hydrogens (primary N) is 1. The lowest BCUT2D eigenvalue weighted by molar-refractivity contribution is -0.138. The SMILES string of the molecule is NC(Cc1cn(-c2cccc(S(=O)(=O)F)c2)nn1)CC(F)(F)F. The molecule has 0 aliphatic carbocycles. The molecule has 1 heterocycles. The lowest BCUT2D eigenvalue weighted by Crippen LogP contribution is -2.29. The minimum Gasteiger partial charge on any atom is -0.327 e. The van der Waals surface area contributed by atoms with Crippen LogP contribution in [0.2, 0.25) is 0 Å². The summed E-state index contributed by atoms with van der Waals surface area (Å²) in [5.74, 6) is 0. The molecular formula is C12H12F4N4O2S. The summed E-state index contributed by atoms with van der Waals surface area (Å²) in [5, 5.41) is 7.35. The number of hydrogen-bond acceptors (Lipinski definition) is 5. The molecule has 0 bridgehead atoms. The molecule has 11 heteroatoms. The Labute approximate surface area is 129 Å². The minimum absolute atomic E-state index is 0.152. The van der Waals surface area contributed by atoms with Gasteiger partial charge in [-0.25, -0.2) is 4.68 Å². The lowest BCUT2D eigenvalue weighted by atomic mass is 10.1. The van der Waals surface area contributed by atoms with Crippen LogP contribution < -0.4 is 5.73 Å². The summed E-state index contributed by atoms with van der Waals surface area (Å²) in [6.07, 6.45) is -4.38. The standard InChI is InChI=1S/C12H12F4N4O2S/c13-12(14,15)6-8(17)4-9-7-20(19-18-9)10-2-1-3-11(5-10)23(16,21)22/h1-3,5,7-8H,4,6,17H2. The number of nitrogens with zero attached hydrogens (tertiary/aromatic N) is 3. The van der Waals surface area contributed by atoms with E-state index in [0.717, 1.165) is 16.8 Å². The minimum atomic E-state index is -4.87. The molecule has 0 aliphatic rings. The number of aromatic nitrogens is 3. The summed E-state index contributed by atoms with van der Waals surface area (Å²) in [4.78, 5) is -0.555. The van der Waals surface area contributed by atoms with E-state index >= 15 is 0 Å². The van der Waals surface area contributed by atoms with Gasteiger partial charge in [0.1, 0.15) is 4.90 Å². The average Bonchev–Trinajstić information content (AvgIpc) is 2.84. The highest BCUT2D eigenvalue weighted by atomic mass is 32.3. The van der Waals surface area contributed by atoms with Crippen molar-refractivity contribution in [3.05, 3.63) is 36.2 Å². The zero-order valence-corrected chi connectivity index (χ0v) is 12.4. The van der Waals surface area contributed by atoms with E-state index in [2.05, 4.69) is 10.3 Å². The highest BCUT2D eigenvalue weighted by molar-refractivity contribution is 7.86. The number of rotatable bonds is 5. The van der Waals surface area contributed by atoms with E-state index < -0.39 is 33.8 Å². The molecule has 6 nitrogen and oxygen atoms in total. The van der Waals surface area contributed by atoms with E-state index in [1.807, 2.05) is 0 Å². The fourth-order valence-corrected chi connectivity index (χ4v) is 2.44. The van der Waals surface area contributed by atoms with Gasteiger partial charge < -0.3 is 5.73 Å². The number of alkyl halides is 3. The number of benzene rings is 1. The van der Waals surface area contributed by atoms with Crippen LogP contribution in [0.1, 0.15) is 12.1 Å². The first-order chi connectivity index (χ1) is 10.5. The van der Waals surface area contributed by atoms with E-state index in [1.165, 1.54) is 18.3 Å². The Bertz CT molecular complexity index is 788. The van der Waals surface area contributed by atoms with Crippen LogP contribution in [0.3, 0.4) is 0 Å². The predicted molar refractivity (Wildman–Crippen MR) is 72.0 cm³/mol. The third-order valence-electron chi connectivity index (χ3n) is 2.87. The Morgan fingerprint density at radius 3 is 2.61 bits per heavy atom. The van der Waals surface area contributed by atoms with Crippen LogP contribution in [-0.2, 0) is 16.6 Å². The van der Waals surface area contributed by atoms with Gasteiger partial charge in [-0.05, 0) is 18.2 Å². The van der Waals surface area contributed by atoms with E-state index in [0.29, 0.717) is 0 Å². The topological polar surface area (TPSA) is 90.9 Å². The smallest absolute Gasteiger partial charge is 0.327 e. The van der Waals surface area contributed by atoms with E-state index in [1.54, 1.807) is 0 Å². The fourth-order valence-electron chi connectivity index (χ4n) is 1.93. The molecule has 23 heavy (non-hydrogen) atoms. The Balaban J connectivity index is 2.17. The van der Waals surface area contributed by atoms with Gasteiger partial charge in [0.05, 0.1) is 24.0 Å². The quantitative estimate of drug-likeness (QED) is 0.654. The maximum Gasteiger partial charge on any atom is 0.390 e. The molecule has 0 saturated carbocycles. The molecule has 0 spiro atoms.